The molecule has 0 saturated heterocycles. The summed E-state index contributed by atoms with van der Waals surface area (Å²) >= 11 is 0. The fourth-order valence-electron chi connectivity index (χ4n) is 12.5. The Morgan fingerprint density at radius 2 is 1.11 bits per heavy atom. The number of pyridine rings is 1. The van der Waals surface area contributed by atoms with Crippen LogP contribution in [0.1, 0.15) is 121 Å². The number of para-hydroxylation sites is 3. The largest absolute Gasteiger partial charge is 0.509 e. The molecule has 0 amide bonds. The zero-order chi connectivity index (χ0) is 70.4. The van der Waals surface area contributed by atoms with Crippen LogP contribution in [-0.4, -0.2) is 9.55 Å². The van der Waals surface area contributed by atoms with E-state index in [0.717, 1.165) is 46.6 Å². The first-order valence-electron chi connectivity index (χ1n) is 35.7. The van der Waals surface area contributed by atoms with Crippen molar-refractivity contribution in [1.29, 1.82) is 0 Å². The van der Waals surface area contributed by atoms with E-state index in [1.54, 1.807) is 28.8 Å². The smallest absolute Gasteiger partial charge is 0.135 e. The summed E-state index contributed by atoms with van der Waals surface area (Å²) in [5.74, 6) is 0.760. The quantitative estimate of drug-likeness (QED) is 0.128. The summed E-state index contributed by atoms with van der Waals surface area (Å²) < 4.78 is 119. The molecule has 12 aromatic rings. The standard InChI is InChI=1S/C82H73N4O.Pt/c1-79(2,3)61-47-67(57-37-40-70-72(46-57)82(9,10)42-41-81(70,7)8)78(68(48-61)60-44-58(54-25-14-11-15-26-54)43-59(45-60)55-27-16-12-17-28-55)85-53-84(74-35-22-23-36-75(74)85)62-31-24-32-63(49-62)87-64-38-39-66-65-33-20-21-34-73(65)86(76(66)50-64)77-51-71(80(4,5)6)69(52-83-77)56-29-18-13-19-30-56;/h11-40,43-48,51-53H,41-42H2,1-10H3;/q-3;/i13D,18D,19D,20D,21D,29D,30D,33D,34D,43D,44D,45D;. The van der Waals surface area contributed by atoms with Gasteiger partial charge in [0.25, 0.3) is 0 Å². The third-order valence-electron chi connectivity index (χ3n) is 17.4. The van der Waals surface area contributed by atoms with Crippen molar-refractivity contribution in [2.45, 2.75) is 104 Å². The monoisotopic (exact) mass is 1340 g/mol. The molecule has 5 nitrogen and oxygen atoms in total. The topological polar surface area (TPSA) is 33.5 Å². The molecule has 0 saturated carbocycles. The number of ether oxygens (including phenoxy) is 1. The Kier molecular flexibility index (Phi) is 11.6. The summed E-state index contributed by atoms with van der Waals surface area (Å²) in [5.41, 5.74) is 11.7. The van der Waals surface area contributed by atoms with Gasteiger partial charge in [0.2, 0.25) is 0 Å². The molecule has 1 aliphatic carbocycles. The first kappa shape index (κ1) is 45.5. The van der Waals surface area contributed by atoms with Gasteiger partial charge in [-0.2, -0.15) is 12.1 Å². The number of fused-ring (bicyclic) bond motifs is 5. The van der Waals surface area contributed by atoms with Gasteiger partial charge in [0.15, 0.2) is 0 Å². The molecule has 0 atom stereocenters. The Morgan fingerprint density at radius 3 is 1.78 bits per heavy atom. The van der Waals surface area contributed by atoms with E-state index in [0.29, 0.717) is 66.8 Å². The predicted molar refractivity (Wildman–Crippen MR) is 364 cm³/mol. The van der Waals surface area contributed by atoms with Crippen LogP contribution in [0.3, 0.4) is 0 Å². The van der Waals surface area contributed by atoms with Gasteiger partial charge in [-0.1, -0.05) is 214 Å². The molecule has 0 bridgehead atoms. The van der Waals surface area contributed by atoms with Crippen LogP contribution >= 0.6 is 0 Å². The van der Waals surface area contributed by atoms with Crippen molar-refractivity contribution in [3.05, 3.63) is 271 Å². The number of rotatable bonds is 10. The van der Waals surface area contributed by atoms with Crippen LogP contribution in [-0.2, 0) is 42.7 Å². The Hall–Kier alpha value is -8.76. The van der Waals surface area contributed by atoms with Crippen molar-refractivity contribution in [3.63, 3.8) is 0 Å². The van der Waals surface area contributed by atoms with E-state index in [1.165, 1.54) is 17.3 Å². The molecular formula is C82H73N4OPt-3. The normalized spacial score (nSPS) is 16.3. The molecule has 10 aromatic carbocycles. The van der Waals surface area contributed by atoms with Gasteiger partial charge in [0, 0.05) is 78.0 Å². The predicted octanol–water partition coefficient (Wildman–Crippen LogP) is 22.3. The Bertz CT molecular complexity index is 5250. The summed E-state index contributed by atoms with van der Waals surface area (Å²) in [5, 5.41) is 0.669. The van der Waals surface area contributed by atoms with Crippen molar-refractivity contribution in [3.8, 4) is 73.0 Å². The summed E-state index contributed by atoms with van der Waals surface area (Å²) in [6, 6.07) is 53.0. The third kappa shape index (κ3) is 10.7. The Labute approximate surface area is 551 Å². The SMILES string of the molecule is [2H]c1c([2H])c([2H])c(-c2cnc(-n3c4[c-]c(Oc5[c-]c(N6[CH-]N(c7c(-c8ccc9c(c8)C(C)(C)CCC9(C)C)cc(C(C)(C)C)cc7-c7c([2H])c(-c8ccccc8)c([2H])c(-c8ccccc8)c7[2H])c7ccccc76)ccc5)ccc4c4c([2H])c([2H])c([2H])c([2H])c43)cc2C(C)(C)C)c([2H])c1[2H].[Pt]. The van der Waals surface area contributed by atoms with E-state index >= 15 is 0 Å². The fraction of sp³-hybridized carbons (Fsp3) is 0.195. The number of anilines is 4. The Morgan fingerprint density at radius 1 is 0.511 bits per heavy atom. The minimum atomic E-state index is -0.708. The molecule has 14 rings (SSSR count). The molecule has 6 heteroatoms. The molecule has 2 aromatic heterocycles. The first-order valence-corrected chi connectivity index (χ1v) is 29.7. The van der Waals surface area contributed by atoms with E-state index in [4.69, 9.17) is 19.3 Å². The minimum absolute atomic E-state index is 0. The van der Waals surface area contributed by atoms with Crippen molar-refractivity contribution in [1.82, 2.24) is 9.55 Å². The van der Waals surface area contributed by atoms with E-state index in [9.17, 15) is 6.85 Å². The summed E-state index contributed by atoms with van der Waals surface area (Å²) in [6.07, 6.45) is 3.51. The van der Waals surface area contributed by atoms with Gasteiger partial charge in [-0.05, 0) is 156 Å². The second-order valence-electron chi connectivity index (χ2n) is 26.3. The molecule has 0 radical (unpaired) electrons. The average molecular weight is 1340 g/mol. The van der Waals surface area contributed by atoms with Gasteiger partial charge in [0.05, 0.1) is 16.4 Å². The number of nitrogens with zero attached hydrogens (tertiary/aromatic N) is 4. The van der Waals surface area contributed by atoms with Crippen LogP contribution in [0.25, 0.3) is 83.3 Å². The van der Waals surface area contributed by atoms with E-state index in [1.807, 2.05) is 123 Å². The Balaban J connectivity index is 0.00000896. The maximum absolute atomic E-state index is 10.5. The molecule has 440 valence electrons. The number of hydrogen-bond acceptors (Lipinski definition) is 4. The summed E-state index contributed by atoms with van der Waals surface area (Å²) in [7, 11) is 0. The third-order valence-corrected chi connectivity index (χ3v) is 17.4. The van der Waals surface area contributed by atoms with Crippen molar-refractivity contribution >= 4 is 44.6 Å². The van der Waals surface area contributed by atoms with Crippen LogP contribution in [0.15, 0.2) is 230 Å². The van der Waals surface area contributed by atoms with E-state index < -0.39 is 41.0 Å². The maximum atomic E-state index is 10.5. The molecule has 0 spiro atoms. The second kappa shape index (κ2) is 22.4. The van der Waals surface area contributed by atoms with Crippen LogP contribution in [0.4, 0.5) is 22.7 Å². The summed E-state index contributed by atoms with van der Waals surface area (Å²) in [4.78, 5) is 9.09. The minimum Gasteiger partial charge on any atom is -0.509 e. The van der Waals surface area contributed by atoms with Gasteiger partial charge >= 0.3 is 0 Å². The average Bonchev–Trinajstić information content (AvgIpc) is 1.36. The fourth-order valence-corrected chi connectivity index (χ4v) is 12.5. The van der Waals surface area contributed by atoms with E-state index in [2.05, 4.69) is 102 Å². The van der Waals surface area contributed by atoms with Crippen molar-refractivity contribution in [2.24, 2.45) is 0 Å². The van der Waals surface area contributed by atoms with Crippen molar-refractivity contribution < 1.29 is 42.3 Å². The number of hydrogen-bond donors (Lipinski definition) is 0. The van der Waals surface area contributed by atoms with Gasteiger partial charge in [-0.15, -0.1) is 48.1 Å². The van der Waals surface area contributed by atoms with Gasteiger partial charge in [-0.25, -0.2) is 4.98 Å². The molecule has 0 unspecified atom stereocenters. The molecule has 0 N–H and O–H groups in total. The van der Waals surface area contributed by atoms with Crippen LogP contribution < -0.4 is 14.5 Å². The molecule has 1 aliphatic heterocycles. The summed E-state index contributed by atoms with van der Waals surface area (Å²) in [6.45, 7) is 23.7. The van der Waals surface area contributed by atoms with Crippen LogP contribution in [0.2, 0.25) is 0 Å². The van der Waals surface area contributed by atoms with E-state index in [-0.39, 0.29) is 102 Å². The van der Waals surface area contributed by atoms with Gasteiger partial charge < -0.3 is 19.1 Å². The second-order valence-corrected chi connectivity index (χ2v) is 26.3. The molecule has 2 aliphatic rings. The molecule has 0 fully saturated rings. The van der Waals surface area contributed by atoms with Gasteiger partial charge in [-0.3, -0.25) is 0 Å². The molecule has 88 heavy (non-hydrogen) atoms. The maximum Gasteiger partial charge on any atom is 0.135 e. The first-order chi connectivity index (χ1) is 46.9. The zero-order valence-corrected chi connectivity index (χ0v) is 53.3. The van der Waals surface area contributed by atoms with Gasteiger partial charge in [0.1, 0.15) is 5.82 Å². The zero-order valence-electron chi connectivity index (χ0n) is 63.0. The van der Waals surface area contributed by atoms with Crippen LogP contribution in [0.5, 0.6) is 11.5 Å². The van der Waals surface area contributed by atoms with Crippen molar-refractivity contribution in [2.75, 3.05) is 9.80 Å². The number of benzene rings is 10. The molecule has 3 heterocycles. The van der Waals surface area contributed by atoms with Crippen LogP contribution in [0, 0.1) is 18.8 Å². The number of aromatic nitrogens is 2. The molecular weight excluding hydrogens is 1250 g/mol.